The summed E-state index contributed by atoms with van der Waals surface area (Å²) >= 11 is 0. The number of nitrogens with zero attached hydrogens (tertiary/aromatic N) is 1. The summed E-state index contributed by atoms with van der Waals surface area (Å²) in [6.45, 7) is 3.82. The Kier molecular flexibility index (Phi) is 4.34. The Morgan fingerprint density at radius 1 is 1.11 bits per heavy atom. The van der Waals surface area contributed by atoms with E-state index in [1.54, 1.807) is 0 Å². The van der Waals surface area contributed by atoms with Crippen LogP contribution >= 0.6 is 0 Å². The molecule has 1 aromatic carbocycles. The van der Waals surface area contributed by atoms with Crippen LogP contribution in [0.15, 0.2) is 30.3 Å². The Hall–Kier alpha value is -1.35. The van der Waals surface area contributed by atoms with E-state index in [0.29, 0.717) is 24.8 Å². The second-order valence-corrected chi connectivity index (χ2v) is 9.93. The summed E-state index contributed by atoms with van der Waals surface area (Å²) in [6, 6.07) is 11.0. The zero-order valence-electron chi connectivity index (χ0n) is 16.5. The van der Waals surface area contributed by atoms with E-state index in [-0.39, 0.29) is 17.4 Å². The summed E-state index contributed by atoms with van der Waals surface area (Å²) in [5.41, 5.74) is 1.42. The van der Waals surface area contributed by atoms with Crippen LogP contribution in [0.2, 0.25) is 0 Å². The number of hydrogen-bond donors (Lipinski definition) is 1. The molecule has 1 amide bonds. The molecule has 0 radical (unpaired) electrons. The fourth-order valence-corrected chi connectivity index (χ4v) is 7.42. The van der Waals surface area contributed by atoms with Gasteiger partial charge in [0.25, 0.3) is 0 Å². The van der Waals surface area contributed by atoms with Gasteiger partial charge in [-0.25, -0.2) is 0 Å². The van der Waals surface area contributed by atoms with Crippen LogP contribution in [-0.4, -0.2) is 35.1 Å². The Morgan fingerprint density at radius 3 is 2.33 bits per heavy atom. The van der Waals surface area contributed by atoms with E-state index in [1.165, 1.54) is 31.2 Å². The Labute approximate surface area is 163 Å². The summed E-state index contributed by atoms with van der Waals surface area (Å²) < 4.78 is 0. The van der Waals surface area contributed by atoms with Gasteiger partial charge in [0.15, 0.2) is 0 Å². The van der Waals surface area contributed by atoms with Crippen molar-refractivity contribution in [1.29, 1.82) is 0 Å². The first-order chi connectivity index (χ1) is 13.1. The van der Waals surface area contributed by atoms with E-state index in [9.17, 15) is 9.90 Å². The lowest BCUT2D eigenvalue weighted by atomic mass is 9.41. The average molecular weight is 368 g/mol. The first-order valence-electron chi connectivity index (χ1n) is 11.1. The van der Waals surface area contributed by atoms with Crippen molar-refractivity contribution in [2.75, 3.05) is 13.1 Å². The van der Waals surface area contributed by atoms with Gasteiger partial charge in [-0.2, -0.15) is 0 Å². The normalized spacial score (nSPS) is 43.1. The van der Waals surface area contributed by atoms with Crippen LogP contribution in [0.25, 0.3) is 0 Å². The topological polar surface area (TPSA) is 40.5 Å². The van der Waals surface area contributed by atoms with E-state index in [4.69, 9.17) is 0 Å². The summed E-state index contributed by atoms with van der Waals surface area (Å²) in [7, 11) is 0. The SMILES string of the molecule is CC1C2CC3CC1CC(C2)C3(CC(=O)N1CCC[C@@H](O)C1)c1ccccc1. The van der Waals surface area contributed by atoms with Gasteiger partial charge in [-0.3, -0.25) is 4.79 Å². The highest BCUT2D eigenvalue weighted by Gasteiger charge is 2.60. The third kappa shape index (κ3) is 2.76. The lowest BCUT2D eigenvalue weighted by Gasteiger charge is -2.64. The number of β-amino-alcohol motifs (C(OH)–C–C–N with tert-alkyl or cyclic N) is 1. The van der Waals surface area contributed by atoms with Crippen LogP contribution in [0, 0.1) is 29.6 Å². The van der Waals surface area contributed by atoms with Gasteiger partial charge in [0.2, 0.25) is 5.91 Å². The molecule has 1 saturated heterocycles. The summed E-state index contributed by atoms with van der Waals surface area (Å²) in [4.78, 5) is 15.3. The highest BCUT2D eigenvalue weighted by molar-refractivity contribution is 5.78. The lowest BCUT2D eigenvalue weighted by Crippen LogP contribution is -2.59. The van der Waals surface area contributed by atoms with Crippen LogP contribution in [0.1, 0.15) is 57.4 Å². The molecule has 4 saturated carbocycles. The van der Waals surface area contributed by atoms with Crippen LogP contribution in [0.5, 0.6) is 0 Å². The van der Waals surface area contributed by atoms with Crippen molar-refractivity contribution in [3.05, 3.63) is 35.9 Å². The van der Waals surface area contributed by atoms with Gasteiger partial charge in [-0.15, -0.1) is 0 Å². The number of aliphatic hydroxyl groups excluding tert-OH is 1. The molecule has 4 bridgehead atoms. The Bertz CT molecular complexity index is 670. The molecule has 27 heavy (non-hydrogen) atoms. The molecule has 146 valence electrons. The predicted molar refractivity (Wildman–Crippen MR) is 106 cm³/mol. The van der Waals surface area contributed by atoms with E-state index >= 15 is 0 Å². The van der Waals surface area contributed by atoms with Crippen LogP contribution < -0.4 is 0 Å². The molecule has 6 rings (SSSR count). The number of amides is 1. The van der Waals surface area contributed by atoms with E-state index in [0.717, 1.165) is 37.1 Å². The molecular weight excluding hydrogens is 334 g/mol. The minimum atomic E-state index is -0.338. The van der Waals surface area contributed by atoms with Gasteiger partial charge in [0.05, 0.1) is 6.10 Å². The highest BCUT2D eigenvalue weighted by Crippen LogP contribution is 2.65. The molecule has 3 heteroatoms. The van der Waals surface area contributed by atoms with Gasteiger partial charge in [0, 0.05) is 24.9 Å². The number of hydrogen-bond acceptors (Lipinski definition) is 2. The number of likely N-dealkylation sites (tertiary alicyclic amines) is 1. The molecule has 1 atom stereocenters. The van der Waals surface area contributed by atoms with E-state index in [1.807, 2.05) is 4.90 Å². The molecule has 1 aliphatic heterocycles. The smallest absolute Gasteiger partial charge is 0.223 e. The minimum Gasteiger partial charge on any atom is -0.391 e. The van der Waals surface area contributed by atoms with E-state index in [2.05, 4.69) is 37.3 Å². The summed E-state index contributed by atoms with van der Waals surface area (Å²) in [5, 5.41) is 10.1. The largest absolute Gasteiger partial charge is 0.391 e. The number of aliphatic hydroxyl groups is 1. The fraction of sp³-hybridized carbons (Fsp3) is 0.708. The first kappa shape index (κ1) is 17.7. The lowest BCUT2D eigenvalue weighted by molar-refractivity contribution is -0.144. The minimum absolute atomic E-state index is 0.0217. The summed E-state index contributed by atoms with van der Waals surface area (Å²) in [5.74, 6) is 4.19. The number of benzene rings is 1. The molecule has 1 aromatic rings. The van der Waals surface area contributed by atoms with Crippen molar-refractivity contribution in [2.45, 2.75) is 63.4 Å². The second-order valence-electron chi connectivity index (χ2n) is 9.93. The number of piperidine rings is 1. The maximum atomic E-state index is 13.4. The Morgan fingerprint density at radius 2 is 1.74 bits per heavy atom. The van der Waals surface area contributed by atoms with Crippen LogP contribution in [0.3, 0.4) is 0 Å². The monoisotopic (exact) mass is 367 g/mol. The van der Waals surface area contributed by atoms with Crippen molar-refractivity contribution >= 4 is 5.91 Å². The van der Waals surface area contributed by atoms with E-state index < -0.39 is 0 Å². The standard InChI is InChI=1S/C24H33NO2/c1-16-17-10-20-12-18(16)13-21(11-17)24(20,19-6-3-2-4-7-19)14-23(27)25-9-5-8-22(26)15-25/h2-4,6-7,16-18,20-22,26H,5,8-15H2,1H3/t16?,17?,18?,20?,21?,22-,24?/m1/s1. The number of carbonyl (C=O) groups excluding carboxylic acids is 1. The third-order valence-corrected chi connectivity index (χ3v) is 8.80. The van der Waals surface area contributed by atoms with Crippen molar-refractivity contribution in [3.8, 4) is 0 Å². The van der Waals surface area contributed by atoms with Crippen LogP contribution in [0.4, 0.5) is 0 Å². The maximum Gasteiger partial charge on any atom is 0.223 e. The van der Waals surface area contributed by atoms with Gasteiger partial charge < -0.3 is 10.0 Å². The zero-order chi connectivity index (χ0) is 18.6. The molecule has 0 spiro atoms. The van der Waals surface area contributed by atoms with Crippen molar-refractivity contribution in [3.63, 3.8) is 0 Å². The third-order valence-electron chi connectivity index (χ3n) is 8.80. The zero-order valence-corrected chi connectivity index (χ0v) is 16.5. The van der Waals surface area contributed by atoms with Crippen molar-refractivity contribution in [2.24, 2.45) is 29.6 Å². The molecule has 1 heterocycles. The predicted octanol–water partition coefficient (Wildman–Crippen LogP) is 4.00. The average Bonchev–Trinajstić information content (AvgIpc) is 2.67. The molecule has 0 unspecified atom stereocenters. The fourth-order valence-electron chi connectivity index (χ4n) is 7.42. The molecule has 5 fully saturated rings. The quantitative estimate of drug-likeness (QED) is 0.877. The number of carbonyl (C=O) groups is 1. The van der Waals surface area contributed by atoms with Crippen molar-refractivity contribution in [1.82, 2.24) is 4.90 Å². The molecule has 5 aliphatic rings. The molecule has 0 aromatic heterocycles. The van der Waals surface area contributed by atoms with Gasteiger partial charge in [-0.05, 0) is 73.7 Å². The maximum absolute atomic E-state index is 13.4. The molecule has 3 nitrogen and oxygen atoms in total. The van der Waals surface area contributed by atoms with Gasteiger partial charge in [0.1, 0.15) is 0 Å². The summed E-state index contributed by atoms with van der Waals surface area (Å²) in [6.07, 6.45) is 7.29. The first-order valence-corrected chi connectivity index (χ1v) is 11.1. The van der Waals surface area contributed by atoms with Gasteiger partial charge in [-0.1, -0.05) is 37.3 Å². The molecule has 4 aliphatic carbocycles. The highest BCUT2D eigenvalue weighted by atomic mass is 16.3. The van der Waals surface area contributed by atoms with Crippen LogP contribution in [-0.2, 0) is 10.2 Å². The van der Waals surface area contributed by atoms with Gasteiger partial charge >= 0.3 is 0 Å². The second kappa shape index (κ2) is 6.62. The Balaban J connectivity index is 1.49. The number of rotatable bonds is 3. The van der Waals surface area contributed by atoms with Crippen molar-refractivity contribution < 1.29 is 9.90 Å². The molecule has 1 N–H and O–H groups in total. The molecular formula is C24H33NO2.